The van der Waals surface area contributed by atoms with Crippen LogP contribution >= 0.6 is 0 Å². The quantitative estimate of drug-likeness (QED) is 0.538. The van der Waals surface area contributed by atoms with Gasteiger partial charge in [-0.05, 0) is 6.07 Å². The first-order valence-electron chi connectivity index (χ1n) is 3.43. The maximum Gasteiger partial charge on any atom is 0.378 e. The molecule has 0 atom stereocenters. The number of carboxylic acid groups (broad SMARTS) is 1. The second kappa shape index (κ2) is 3.66. The number of ketones is 1. The molecule has 13 heavy (non-hydrogen) atoms. The zero-order valence-electron chi connectivity index (χ0n) is 6.85. The average Bonchev–Trinajstić information content (AvgIpc) is 2.16. The number of pyridine rings is 1. The molecule has 0 unspecified atom stereocenters. The molecule has 5 nitrogen and oxygen atoms in total. The second-order valence-corrected chi connectivity index (χ2v) is 2.22. The van der Waals surface area contributed by atoms with Crippen molar-refractivity contribution in [2.45, 2.75) is 0 Å². The maximum absolute atomic E-state index is 10.9. The SMILES string of the molecule is COc1ccnc(C(=O)C(=O)O)c1. The molecule has 0 spiro atoms. The number of methoxy groups -OCH3 is 1. The Bertz CT molecular complexity index is 348. The van der Waals surface area contributed by atoms with Crippen molar-refractivity contribution in [1.29, 1.82) is 0 Å². The standard InChI is InChI=1S/C8H7NO4/c1-13-5-2-3-9-6(4-5)7(10)8(11)12/h2-4H,1H3,(H,11,12). The van der Waals surface area contributed by atoms with Crippen LogP contribution in [0.3, 0.4) is 0 Å². The highest BCUT2D eigenvalue weighted by atomic mass is 16.5. The van der Waals surface area contributed by atoms with Crippen LogP contribution in [0, 0.1) is 0 Å². The number of carbonyl (C=O) groups excluding carboxylic acids is 1. The molecule has 0 saturated heterocycles. The summed E-state index contributed by atoms with van der Waals surface area (Å²) >= 11 is 0. The lowest BCUT2D eigenvalue weighted by Crippen LogP contribution is -2.14. The Balaban J connectivity index is 3.02. The molecule has 0 aliphatic carbocycles. The van der Waals surface area contributed by atoms with Crippen molar-refractivity contribution in [3.05, 3.63) is 24.0 Å². The van der Waals surface area contributed by atoms with E-state index in [2.05, 4.69) is 4.98 Å². The van der Waals surface area contributed by atoms with Gasteiger partial charge in [0.25, 0.3) is 5.78 Å². The van der Waals surface area contributed by atoms with E-state index in [0.29, 0.717) is 5.75 Å². The Hall–Kier alpha value is -1.91. The molecule has 0 fully saturated rings. The van der Waals surface area contributed by atoms with Crippen LogP contribution in [-0.4, -0.2) is 29.0 Å². The van der Waals surface area contributed by atoms with Gasteiger partial charge in [-0.2, -0.15) is 0 Å². The largest absolute Gasteiger partial charge is 0.497 e. The molecule has 1 aromatic rings. The summed E-state index contributed by atoms with van der Waals surface area (Å²) in [5.41, 5.74) is -0.133. The van der Waals surface area contributed by atoms with Crippen molar-refractivity contribution >= 4 is 11.8 Å². The number of aliphatic carboxylic acids is 1. The van der Waals surface area contributed by atoms with E-state index >= 15 is 0 Å². The third-order valence-corrected chi connectivity index (χ3v) is 1.39. The van der Waals surface area contributed by atoms with E-state index in [0.717, 1.165) is 0 Å². The normalized spacial score (nSPS) is 9.31. The van der Waals surface area contributed by atoms with Gasteiger partial charge in [-0.1, -0.05) is 0 Å². The number of hydrogen-bond acceptors (Lipinski definition) is 4. The first kappa shape index (κ1) is 9.18. The zero-order valence-corrected chi connectivity index (χ0v) is 6.85. The van der Waals surface area contributed by atoms with E-state index in [1.165, 1.54) is 25.4 Å². The zero-order chi connectivity index (χ0) is 9.84. The van der Waals surface area contributed by atoms with Gasteiger partial charge >= 0.3 is 5.97 Å². The van der Waals surface area contributed by atoms with Gasteiger partial charge in [0.15, 0.2) is 0 Å². The lowest BCUT2D eigenvalue weighted by molar-refractivity contribution is -0.131. The van der Waals surface area contributed by atoms with Crippen LogP contribution in [0.5, 0.6) is 5.75 Å². The molecule has 0 amide bonds. The molecule has 0 saturated carbocycles. The van der Waals surface area contributed by atoms with Gasteiger partial charge in [-0.15, -0.1) is 0 Å². The van der Waals surface area contributed by atoms with Gasteiger partial charge < -0.3 is 9.84 Å². The Labute approximate surface area is 74.0 Å². The van der Waals surface area contributed by atoms with Crippen molar-refractivity contribution < 1.29 is 19.4 Å². The molecule has 1 N–H and O–H groups in total. The minimum absolute atomic E-state index is 0.133. The molecule has 68 valence electrons. The summed E-state index contributed by atoms with van der Waals surface area (Å²) in [6.45, 7) is 0. The predicted octanol–water partition coefficient (Wildman–Crippen LogP) is 0.357. The molecule has 1 rings (SSSR count). The monoisotopic (exact) mass is 181 g/mol. The molecule has 1 heterocycles. The first-order chi connectivity index (χ1) is 6.15. The molecular weight excluding hydrogens is 174 g/mol. The molecule has 0 aliphatic heterocycles. The Morgan fingerprint density at radius 1 is 1.54 bits per heavy atom. The molecule has 0 radical (unpaired) electrons. The van der Waals surface area contributed by atoms with Crippen LogP contribution in [0.4, 0.5) is 0 Å². The molecule has 5 heteroatoms. The van der Waals surface area contributed by atoms with Crippen LogP contribution in [0.1, 0.15) is 10.5 Å². The van der Waals surface area contributed by atoms with Crippen molar-refractivity contribution in [2.24, 2.45) is 0 Å². The lowest BCUT2D eigenvalue weighted by atomic mass is 10.2. The smallest absolute Gasteiger partial charge is 0.378 e. The molecule has 1 aromatic heterocycles. The number of ether oxygens (including phenoxy) is 1. The van der Waals surface area contributed by atoms with E-state index in [9.17, 15) is 9.59 Å². The van der Waals surface area contributed by atoms with Crippen molar-refractivity contribution in [3.63, 3.8) is 0 Å². The number of carbonyl (C=O) groups is 2. The highest BCUT2D eigenvalue weighted by molar-refractivity contribution is 6.39. The van der Waals surface area contributed by atoms with Crippen molar-refractivity contribution in [2.75, 3.05) is 7.11 Å². The van der Waals surface area contributed by atoms with E-state index in [1.54, 1.807) is 0 Å². The Morgan fingerprint density at radius 3 is 2.77 bits per heavy atom. The summed E-state index contributed by atoms with van der Waals surface area (Å²) in [4.78, 5) is 24.8. The summed E-state index contributed by atoms with van der Waals surface area (Å²) in [5, 5.41) is 8.37. The van der Waals surface area contributed by atoms with Crippen LogP contribution in [0.15, 0.2) is 18.3 Å². The van der Waals surface area contributed by atoms with Crippen LogP contribution in [0.2, 0.25) is 0 Å². The van der Waals surface area contributed by atoms with Crippen LogP contribution in [-0.2, 0) is 4.79 Å². The van der Waals surface area contributed by atoms with Crippen LogP contribution in [0.25, 0.3) is 0 Å². The topological polar surface area (TPSA) is 76.5 Å². The van der Waals surface area contributed by atoms with E-state index in [1.807, 2.05) is 0 Å². The molecule has 0 aromatic carbocycles. The Morgan fingerprint density at radius 2 is 2.23 bits per heavy atom. The van der Waals surface area contributed by atoms with Gasteiger partial charge in [0.1, 0.15) is 11.4 Å². The van der Waals surface area contributed by atoms with E-state index in [4.69, 9.17) is 9.84 Å². The number of rotatable bonds is 3. The third kappa shape index (κ3) is 2.02. The fourth-order valence-corrected chi connectivity index (χ4v) is 0.772. The minimum Gasteiger partial charge on any atom is -0.497 e. The summed E-state index contributed by atoms with van der Waals surface area (Å²) in [5.74, 6) is -2.17. The number of aromatic nitrogens is 1. The number of nitrogens with zero attached hydrogens (tertiary/aromatic N) is 1. The van der Waals surface area contributed by atoms with E-state index in [-0.39, 0.29) is 5.69 Å². The fourth-order valence-electron chi connectivity index (χ4n) is 0.772. The molecule has 0 bridgehead atoms. The van der Waals surface area contributed by atoms with Gasteiger partial charge in [0, 0.05) is 12.3 Å². The molecule has 0 aliphatic rings. The van der Waals surface area contributed by atoms with Gasteiger partial charge in [0.2, 0.25) is 0 Å². The van der Waals surface area contributed by atoms with Gasteiger partial charge in [0.05, 0.1) is 7.11 Å². The first-order valence-corrected chi connectivity index (χ1v) is 3.43. The predicted molar refractivity (Wildman–Crippen MR) is 42.8 cm³/mol. The summed E-state index contributed by atoms with van der Waals surface area (Å²) in [6, 6.07) is 2.80. The number of carboxylic acids is 1. The third-order valence-electron chi connectivity index (χ3n) is 1.39. The Kier molecular flexibility index (Phi) is 2.59. The van der Waals surface area contributed by atoms with E-state index < -0.39 is 11.8 Å². The molecular formula is C8H7NO4. The summed E-state index contributed by atoms with van der Waals surface area (Å²) in [6.07, 6.45) is 1.31. The average molecular weight is 181 g/mol. The fraction of sp³-hybridized carbons (Fsp3) is 0.125. The van der Waals surface area contributed by atoms with Gasteiger partial charge in [-0.25, -0.2) is 4.79 Å². The highest BCUT2D eigenvalue weighted by Crippen LogP contribution is 2.10. The van der Waals surface area contributed by atoms with Crippen molar-refractivity contribution in [1.82, 2.24) is 4.98 Å². The van der Waals surface area contributed by atoms with Gasteiger partial charge in [-0.3, -0.25) is 9.78 Å². The second-order valence-electron chi connectivity index (χ2n) is 2.22. The van der Waals surface area contributed by atoms with Crippen molar-refractivity contribution in [3.8, 4) is 5.75 Å². The highest BCUT2D eigenvalue weighted by Gasteiger charge is 2.16. The maximum atomic E-state index is 10.9. The minimum atomic E-state index is -1.53. The van der Waals surface area contributed by atoms with Crippen LogP contribution < -0.4 is 4.74 Å². The number of Topliss-reactive ketones (excluding diaryl/α,β-unsaturated/α-hetero) is 1. The summed E-state index contributed by atoms with van der Waals surface area (Å²) < 4.78 is 4.80. The number of hydrogen-bond donors (Lipinski definition) is 1. The lowest BCUT2D eigenvalue weighted by Gasteiger charge is -1.99. The summed E-state index contributed by atoms with van der Waals surface area (Å²) in [7, 11) is 1.42.